The number of hydrogen-bond acceptors (Lipinski definition) is 4. The summed E-state index contributed by atoms with van der Waals surface area (Å²) in [6.45, 7) is 0.485. The average Bonchev–Trinajstić information content (AvgIpc) is 3.06. The second kappa shape index (κ2) is 7.07. The number of carbonyl (C=O) groups is 1. The molecule has 0 aliphatic rings. The van der Waals surface area contributed by atoms with Gasteiger partial charge in [-0.15, -0.1) is 0 Å². The van der Waals surface area contributed by atoms with Crippen molar-refractivity contribution in [1.29, 1.82) is 0 Å². The highest BCUT2D eigenvalue weighted by Gasteiger charge is 2.13. The first-order valence-corrected chi connectivity index (χ1v) is 7.51. The van der Waals surface area contributed by atoms with E-state index < -0.39 is 0 Å². The third-order valence-electron chi connectivity index (χ3n) is 3.26. The lowest BCUT2D eigenvalue weighted by molar-refractivity contribution is 0.0945. The molecule has 0 aliphatic heterocycles. The van der Waals surface area contributed by atoms with Crippen LogP contribution in [0, 0.1) is 0 Å². The Hall–Kier alpha value is -2.66. The number of aromatic nitrogens is 2. The van der Waals surface area contributed by atoms with E-state index in [0.29, 0.717) is 23.7 Å². The Labute approximate surface area is 138 Å². The van der Waals surface area contributed by atoms with E-state index in [-0.39, 0.29) is 11.6 Å². The van der Waals surface area contributed by atoms with E-state index >= 15 is 0 Å². The highest BCUT2D eigenvalue weighted by Crippen LogP contribution is 2.22. The molecular weight excluding hydrogens is 314 g/mol. The van der Waals surface area contributed by atoms with Crippen molar-refractivity contribution in [2.45, 2.75) is 6.42 Å². The molecule has 0 saturated carbocycles. The molecule has 1 amide bonds. The molecule has 2 aromatic heterocycles. The number of nitrogens with zero attached hydrogens (tertiary/aromatic N) is 2. The average molecular weight is 328 g/mol. The Balaban J connectivity index is 1.59. The molecule has 0 aliphatic carbocycles. The summed E-state index contributed by atoms with van der Waals surface area (Å²) < 4.78 is 5.21. The van der Waals surface area contributed by atoms with E-state index in [0.717, 1.165) is 11.3 Å². The van der Waals surface area contributed by atoms with Crippen LogP contribution >= 0.6 is 11.6 Å². The fourth-order valence-corrected chi connectivity index (χ4v) is 2.20. The summed E-state index contributed by atoms with van der Waals surface area (Å²) in [5, 5.41) is 7.24. The number of hydrogen-bond donors (Lipinski definition) is 1. The molecule has 116 valence electrons. The molecule has 3 aromatic rings. The fourth-order valence-electron chi connectivity index (χ4n) is 2.07. The van der Waals surface area contributed by atoms with E-state index in [1.165, 1.54) is 0 Å². The Kier molecular flexibility index (Phi) is 4.68. The highest BCUT2D eigenvalue weighted by atomic mass is 35.5. The maximum absolute atomic E-state index is 12.1. The second-order valence-electron chi connectivity index (χ2n) is 4.91. The maximum Gasteiger partial charge on any atom is 0.273 e. The molecule has 3 rings (SSSR count). The summed E-state index contributed by atoms with van der Waals surface area (Å²) in [6.07, 6.45) is 2.39. The first-order valence-electron chi connectivity index (χ1n) is 7.13. The van der Waals surface area contributed by atoms with Gasteiger partial charge < -0.3 is 9.84 Å². The molecule has 1 aromatic carbocycles. The molecule has 0 radical (unpaired) electrons. The van der Waals surface area contributed by atoms with Crippen LogP contribution in [0.4, 0.5) is 0 Å². The molecule has 1 N–H and O–H groups in total. The molecular formula is C17H14ClN3O2. The minimum atomic E-state index is -0.273. The van der Waals surface area contributed by atoms with Gasteiger partial charge in [-0.1, -0.05) is 22.8 Å². The van der Waals surface area contributed by atoms with Gasteiger partial charge in [-0.2, -0.15) is 0 Å². The molecule has 6 heteroatoms. The van der Waals surface area contributed by atoms with Crippen LogP contribution in [-0.4, -0.2) is 22.6 Å². The number of rotatable bonds is 5. The number of benzene rings is 1. The summed E-state index contributed by atoms with van der Waals surface area (Å²) in [7, 11) is 0. The Morgan fingerprint density at radius 1 is 1.17 bits per heavy atom. The van der Waals surface area contributed by atoms with Gasteiger partial charge in [0.05, 0.1) is 0 Å². The third kappa shape index (κ3) is 3.96. The highest BCUT2D eigenvalue weighted by molar-refractivity contribution is 6.30. The van der Waals surface area contributed by atoms with Gasteiger partial charge in [0, 0.05) is 41.5 Å². The van der Waals surface area contributed by atoms with Crippen molar-refractivity contribution < 1.29 is 9.32 Å². The summed E-state index contributed by atoms with van der Waals surface area (Å²) in [6, 6.07) is 14.4. The summed E-state index contributed by atoms with van der Waals surface area (Å²) in [5.74, 6) is 0.251. The molecule has 0 unspecified atom stereocenters. The van der Waals surface area contributed by atoms with Gasteiger partial charge in [-0.3, -0.25) is 9.78 Å². The lowest BCUT2D eigenvalue weighted by atomic mass is 10.1. The van der Waals surface area contributed by atoms with Crippen molar-refractivity contribution in [3.63, 3.8) is 0 Å². The van der Waals surface area contributed by atoms with Crippen LogP contribution in [0.2, 0.25) is 5.02 Å². The first kappa shape index (κ1) is 15.2. The largest absolute Gasteiger partial charge is 0.355 e. The van der Waals surface area contributed by atoms with Crippen molar-refractivity contribution in [2.75, 3.05) is 6.54 Å². The van der Waals surface area contributed by atoms with Crippen LogP contribution in [-0.2, 0) is 6.42 Å². The fraction of sp³-hybridized carbons (Fsp3) is 0.118. The van der Waals surface area contributed by atoms with E-state index in [9.17, 15) is 4.79 Å². The summed E-state index contributed by atoms with van der Waals surface area (Å²) in [5.41, 5.74) is 1.99. The van der Waals surface area contributed by atoms with Gasteiger partial charge in [0.25, 0.3) is 5.91 Å². The molecule has 0 spiro atoms. The zero-order chi connectivity index (χ0) is 16.1. The normalized spacial score (nSPS) is 10.5. The van der Waals surface area contributed by atoms with Crippen LogP contribution in [0.1, 0.15) is 16.2 Å². The van der Waals surface area contributed by atoms with Gasteiger partial charge in [-0.25, -0.2) is 0 Å². The van der Waals surface area contributed by atoms with Crippen LogP contribution in [0.25, 0.3) is 11.3 Å². The monoisotopic (exact) mass is 327 g/mol. The molecule has 5 nitrogen and oxygen atoms in total. The standard InChI is InChI=1S/C17H14ClN3O2/c18-13-6-4-12(5-7-13)16-11-15(21-23-16)17(22)20-10-8-14-3-1-2-9-19-14/h1-7,9,11H,8,10H2,(H,20,22). The van der Waals surface area contributed by atoms with Gasteiger partial charge in [0.1, 0.15) is 0 Å². The Morgan fingerprint density at radius 2 is 2.00 bits per heavy atom. The van der Waals surface area contributed by atoms with Gasteiger partial charge >= 0.3 is 0 Å². The van der Waals surface area contributed by atoms with Crippen LogP contribution in [0.5, 0.6) is 0 Å². The van der Waals surface area contributed by atoms with Crippen molar-refractivity contribution >= 4 is 17.5 Å². The van der Waals surface area contributed by atoms with E-state index in [4.69, 9.17) is 16.1 Å². The number of carbonyl (C=O) groups excluding carboxylic acids is 1. The lowest BCUT2D eigenvalue weighted by Gasteiger charge is -2.02. The lowest BCUT2D eigenvalue weighted by Crippen LogP contribution is -2.26. The predicted molar refractivity (Wildman–Crippen MR) is 87.2 cm³/mol. The Morgan fingerprint density at radius 3 is 2.74 bits per heavy atom. The predicted octanol–water partition coefficient (Wildman–Crippen LogP) is 3.36. The summed E-state index contributed by atoms with van der Waals surface area (Å²) >= 11 is 5.85. The SMILES string of the molecule is O=C(NCCc1ccccn1)c1cc(-c2ccc(Cl)cc2)on1. The second-order valence-corrected chi connectivity index (χ2v) is 5.35. The van der Waals surface area contributed by atoms with E-state index in [1.54, 1.807) is 24.4 Å². The van der Waals surface area contributed by atoms with Crippen LogP contribution < -0.4 is 5.32 Å². The number of pyridine rings is 1. The third-order valence-corrected chi connectivity index (χ3v) is 3.52. The smallest absolute Gasteiger partial charge is 0.273 e. The Bertz CT molecular complexity index is 785. The molecule has 0 saturated heterocycles. The molecule has 0 fully saturated rings. The van der Waals surface area contributed by atoms with E-state index in [2.05, 4.69) is 15.5 Å². The minimum Gasteiger partial charge on any atom is -0.355 e. The van der Waals surface area contributed by atoms with Gasteiger partial charge in [0.2, 0.25) is 0 Å². The molecule has 0 bridgehead atoms. The molecule has 23 heavy (non-hydrogen) atoms. The zero-order valence-electron chi connectivity index (χ0n) is 12.2. The van der Waals surface area contributed by atoms with Gasteiger partial charge in [-0.05, 0) is 36.4 Å². The van der Waals surface area contributed by atoms with E-state index in [1.807, 2.05) is 30.3 Å². The molecule has 2 heterocycles. The van der Waals surface area contributed by atoms with Gasteiger partial charge in [0.15, 0.2) is 11.5 Å². The van der Waals surface area contributed by atoms with Crippen LogP contribution in [0.3, 0.4) is 0 Å². The maximum atomic E-state index is 12.1. The number of amides is 1. The zero-order valence-corrected chi connectivity index (χ0v) is 13.0. The van der Waals surface area contributed by atoms with Crippen molar-refractivity contribution in [2.24, 2.45) is 0 Å². The summed E-state index contributed by atoms with van der Waals surface area (Å²) in [4.78, 5) is 16.3. The molecule has 0 atom stereocenters. The number of nitrogens with one attached hydrogen (secondary N) is 1. The van der Waals surface area contributed by atoms with Crippen molar-refractivity contribution in [3.8, 4) is 11.3 Å². The first-order chi connectivity index (χ1) is 11.2. The minimum absolute atomic E-state index is 0.246. The quantitative estimate of drug-likeness (QED) is 0.780. The number of halogens is 1. The van der Waals surface area contributed by atoms with Crippen molar-refractivity contribution in [3.05, 3.63) is 71.1 Å². The van der Waals surface area contributed by atoms with Crippen LogP contribution in [0.15, 0.2) is 59.3 Å². The van der Waals surface area contributed by atoms with Crippen molar-refractivity contribution in [1.82, 2.24) is 15.5 Å². The topological polar surface area (TPSA) is 68.0 Å².